The summed E-state index contributed by atoms with van der Waals surface area (Å²) in [5.74, 6) is 7.16. The van der Waals surface area contributed by atoms with Gasteiger partial charge in [0.1, 0.15) is 5.75 Å². The smallest absolute Gasteiger partial charge is 0.338 e. The van der Waals surface area contributed by atoms with Crippen LogP contribution >= 0.6 is 0 Å². The van der Waals surface area contributed by atoms with Crippen LogP contribution in [-0.2, 0) is 0 Å². The molecular weight excluding hydrogens is 765 g/mol. The molecule has 2 unspecified atom stereocenters. The van der Waals surface area contributed by atoms with Crippen LogP contribution in [0.2, 0.25) is 0 Å². The normalized spacial score (nSPS) is 12.2. The molecule has 324 valence electrons. The standard InChI is InChI=1S/C43H62N12O5/c1-8-12-14-30(10-3)36-28(5)38(56)49-40(47-36)51-42(58)45-24-26-54(34-20-16-32(17-21-34)52-53-33-18-22-35(60-7)23-19-33)27-25-46-43(59)55(44)41-48-37(29(6)39(57)50-41)31(11-4)15-13-9-2/h16-23,30-31H,8-15,24-27,44H2,1-7H3,(H,46,59)(H,48,50,57)(H3,45,47,49,51,56,58). The molecule has 2 aromatic heterocycles. The second kappa shape index (κ2) is 23.5. The van der Waals surface area contributed by atoms with Crippen molar-refractivity contribution in [2.75, 3.05) is 48.5 Å². The monoisotopic (exact) mass is 826 g/mol. The number of azo groups is 1. The topological polar surface area (TPSA) is 228 Å². The lowest BCUT2D eigenvalue weighted by atomic mass is 9.93. The summed E-state index contributed by atoms with van der Waals surface area (Å²) >= 11 is 0. The molecule has 0 fully saturated rings. The lowest BCUT2D eigenvalue weighted by Crippen LogP contribution is -2.49. The average Bonchev–Trinajstić information content (AvgIpc) is 3.25. The number of amides is 4. The van der Waals surface area contributed by atoms with Gasteiger partial charge < -0.3 is 20.3 Å². The number of benzene rings is 2. The van der Waals surface area contributed by atoms with E-state index in [0.29, 0.717) is 47.0 Å². The summed E-state index contributed by atoms with van der Waals surface area (Å²) in [6.07, 6.45) is 7.47. The number of aromatic nitrogens is 4. The molecule has 17 nitrogen and oxygen atoms in total. The zero-order valence-corrected chi connectivity index (χ0v) is 36.1. The van der Waals surface area contributed by atoms with Crippen molar-refractivity contribution < 1.29 is 14.3 Å². The number of carbonyl (C=O) groups is 2. The fraction of sp³-hybridized carbons (Fsp3) is 0.488. The summed E-state index contributed by atoms with van der Waals surface area (Å²) in [4.78, 5) is 68.6. The third kappa shape index (κ3) is 13.2. The fourth-order valence-electron chi connectivity index (χ4n) is 6.82. The van der Waals surface area contributed by atoms with E-state index in [1.807, 2.05) is 29.2 Å². The van der Waals surface area contributed by atoms with Crippen molar-refractivity contribution in [2.45, 2.75) is 105 Å². The second-order valence-corrected chi connectivity index (χ2v) is 14.7. The van der Waals surface area contributed by atoms with Crippen molar-refractivity contribution in [3.63, 3.8) is 0 Å². The number of anilines is 3. The van der Waals surface area contributed by atoms with Crippen LogP contribution in [0.1, 0.15) is 113 Å². The summed E-state index contributed by atoms with van der Waals surface area (Å²) in [5, 5.41) is 17.8. The molecule has 4 aromatic rings. The predicted octanol–water partition coefficient (Wildman–Crippen LogP) is 7.98. The summed E-state index contributed by atoms with van der Waals surface area (Å²) in [6.45, 7) is 12.9. The number of H-pyrrole nitrogens is 2. The van der Waals surface area contributed by atoms with E-state index in [0.717, 1.165) is 67.8 Å². The van der Waals surface area contributed by atoms with Gasteiger partial charge in [-0.05, 0) is 88.1 Å². The SMILES string of the molecule is CCCCC(CC)c1nc(NC(=O)NCCN(CCNC(=O)N(N)c2nc(C(CC)CCCC)c(C)c(=O)[nH]2)c2ccc(N=Nc3ccc(OC)cc3)cc2)[nH]c(=O)c1C. The average molecular weight is 827 g/mol. The van der Waals surface area contributed by atoms with Crippen molar-refractivity contribution >= 4 is 41.0 Å². The summed E-state index contributed by atoms with van der Waals surface area (Å²) in [5.41, 5.74) is 3.86. The predicted molar refractivity (Wildman–Crippen MR) is 237 cm³/mol. The van der Waals surface area contributed by atoms with Gasteiger partial charge in [0.25, 0.3) is 11.1 Å². The van der Waals surface area contributed by atoms with E-state index in [9.17, 15) is 19.2 Å². The van der Waals surface area contributed by atoms with Gasteiger partial charge in [0.2, 0.25) is 11.9 Å². The lowest BCUT2D eigenvalue weighted by Gasteiger charge is -2.26. The molecule has 7 N–H and O–H groups in total. The minimum absolute atomic E-state index is 0.0396. The van der Waals surface area contributed by atoms with Crippen LogP contribution in [0.15, 0.2) is 68.3 Å². The first-order valence-corrected chi connectivity index (χ1v) is 20.9. The van der Waals surface area contributed by atoms with E-state index in [1.165, 1.54) is 0 Å². The second-order valence-electron chi connectivity index (χ2n) is 14.7. The molecule has 2 aromatic carbocycles. The number of hydrogen-bond donors (Lipinski definition) is 6. The highest BCUT2D eigenvalue weighted by Gasteiger charge is 2.22. The summed E-state index contributed by atoms with van der Waals surface area (Å²) < 4.78 is 5.21. The first-order valence-electron chi connectivity index (χ1n) is 20.9. The van der Waals surface area contributed by atoms with Crippen LogP contribution < -0.4 is 47.6 Å². The Morgan fingerprint density at radius 1 is 0.767 bits per heavy atom. The zero-order valence-electron chi connectivity index (χ0n) is 36.1. The van der Waals surface area contributed by atoms with Gasteiger partial charge in [0, 0.05) is 54.8 Å². The highest BCUT2D eigenvalue weighted by atomic mass is 16.5. The van der Waals surface area contributed by atoms with Crippen LogP contribution in [-0.4, -0.2) is 65.3 Å². The Kier molecular flexibility index (Phi) is 18.2. The minimum Gasteiger partial charge on any atom is -0.497 e. The maximum absolute atomic E-state index is 13.3. The van der Waals surface area contributed by atoms with Gasteiger partial charge in [-0.25, -0.2) is 25.4 Å². The number of ether oxygens (including phenoxy) is 1. The Bertz CT molecular complexity index is 2140. The molecule has 0 aliphatic heterocycles. The Morgan fingerprint density at radius 2 is 1.28 bits per heavy atom. The summed E-state index contributed by atoms with van der Waals surface area (Å²) in [7, 11) is 1.60. The quantitative estimate of drug-likeness (QED) is 0.0195. The third-order valence-corrected chi connectivity index (χ3v) is 10.5. The molecule has 2 heterocycles. The number of carbonyl (C=O) groups excluding carboxylic acids is 2. The number of hydrogen-bond acceptors (Lipinski definition) is 11. The Balaban J connectivity index is 1.46. The van der Waals surface area contributed by atoms with Crippen molar-refractivity contribution in [2.24, 2.45) is 16.1 Å². The van der Waals surface area contributed by atoms with Crippen molar-refractivity contribution in [3.8, 4) is 5.75 Å². The number of methoxy groups -OCH3 is 1. The lowest BCUT2D eigenvalue weighted by molar-refractivity contribution is 0.246. The number of nitrogens with two attached hydrogens (primary N) is 1. The third-order valence-electron chi connectivity index (χ3n) is 10.5. The van der Waals surface area contributed by atoms with Gasteiger partial charge in [0.05, 0.1) is 29.9 Å². The minimum atomic E-state index is -0.653. The van der Waals surface area contributed by atoms with E-state index < -0.39 is 12.1 Å². The van der Waals surface area contributed by atoms with E-state index >= 15 is 0 Å². The number of rotatable bonds is 22. The highest BCUT2D eigenvalue weighted by molar-refractivity contribution is 5.89. The molecular formula is C43H62N12O5. The maximum Gasteiger partial charge on any atom is 0.338 e. The first-order chi connectivity index (χ1) is 28.9. The molecule has 0 aliphatic carbocycles. The molecule has 0 aliphatic rings. The molecule has 60 heavy (non-hydrogen) atoms. The Morgan fingerprint density at radius 3 is 1.82 bits per heavy atom. The van der Waals surface area contributed by atoms with Crippen molar-refractivity contribution in [3.05, 3.63) is 91.8 Å². The number of aromatic amines is 2. The largest absolute Gasteiger partial charge is 0.497 e. The van der Waals surface area contributed by atoms with Crippen LogP contribution in [0.25, 0.3) is 0 Å². The van der Waals surface area contributed by atoms with Gasteiger partial charge >= 0.3 is 12.1 Å². The molecule has 4 amide bonds. The number of nitrogens with one attached hydrogen (secondary N) is 5. The number of nitrogens with zero attached hydrogens (tertiary/aromatic N) is 6. The molecule has 0 bridgehead atoms. The zero-order chi connectivity index (χ0) is 43.6. The van der Waals surface area contributed by atoms with E-state index in [2.05, 4.69) is 73.8 Å². The molecule has 2 atom stereocenters. The molecule has 0 saturated heterocycles. The van der Waals surface area contributed by atoms with Crippen LogP contribution in [0.3, 0.4) is 0 Å². The molecule has 0 spiro atoms. The van der Waals surface area contributed by atoms with E-state index in [-0.39, 0.29) is 47.9 Å². The van der Waals surface area contributed by atoms with Crippen LogP contribution in [0.4, 0.5) is 38.5 Å². The van der Waals surface area contributed by atoms with Crippen LogP contribution in [0, 0.1) is 13.8 Å². The van der Waals surface area contributed by atoms with E-state index in [1.54, 1.807) is 45.2 Å². The van der Waals surface area contributed by atoms with E-state index in [4.69, 9.17) is 10.6 Å². The van der Waals surface area contributed by atoms with Gasteiger partial charge in [0.15, 0.2) is 0 Å². The molecule has 17 heteroatoms. The number of unbranched alkanes of at least 4 members (excludes halogenated alkanes) is 2. The molecule has 0 radical (unpaired) electrons. The first kappa shape index (κ1) is 46.6. The Labute approximate surface area is 352 Å². The number of hydrazine groups is 1. The number of urea groups is 2. The molecule has 0 saturated carbocycles. The summed E-state index contributed by atoms with van der Waals surface area (Å²) in [6, 6.07) is 13.4. The molecule has 4 rings (SSSR count). The maximum atomic E-state index is 13.3. The van der Waals surface area contributed by atoms with Gasteiger partial charge in [-0.1, -0.05) is 53.4 Å². The van der Waals surface area contributed by atoms with Crippen LogP contribution in [0.5, 0.6) is 5.75 Å². The van der Waals surface area contributed by atoms with Gasteiger partial charge in [-0.2, -0.15) is 15.2 Å². The van der Waals surface area contributed by atoms with Gasteiger partial charge in [-0.15, -0.1) is 0 Å². The van der Waals surface area contributed by atoms with Crippen molar-refractivity contribution in [1.82, 2.24) is 30.6 Å². The fourth-order valence-corrected chi connectivity index (χ4v) is 6.82. The van der Waals surface area contributed by atoms with Gasteiger partial charge in [-0.3, -0.25) is 24.9 Å². The van der Waals surface area contributed by atoms with Crippen molar-refractivity contribution in [1.29, 1.82) is 0 Å². The highest BCUT2D eigenvalue weighted by Crippen LogP contribution is 2.28. The Hall–Kier alpha value is -6.10.